The first-order chi connectivity index (χ1) is 12.3. The summed E-state index contributed by atoms with van der Waals surface area (Å²) in [5.74, 6) is 0. The number of hydrogen-bond donors (Lipinski definition) is 2. The van der Waals surface area contributed by atoms with Gasteiger partial charge in [-0.05, 0) is 38.5 Å². The van der Waals surface area contributed by atoms with Crippen LogP contribution >= 0.6 is 0 Å². The van der Waals surface area contributed by atoms with Crippen molar-refractivity contribution < 1.29 is 9.84 Å². The molecular formula is C22H45NO2. The third kappa shape index (κ3) is 21.6. The van der Waals surface area contributed by atoms with Gasteiger partial charge in [0.1, 0.15) is 0 Å². The molecule has 150 valence electrons. The Morgan fingerprint density at radius 1 is 0.760 bits per heavy atom. The SMILES string of the molecule is CCCCCCCC/C=C\CCCCCCCC(N)CCOCCO. The van der Waals surface area contributed by atoms with Crippen LogP contribution in [-0.2, 0) is 4.74 Å². The van der Waals surface area contributed by atoms with Crippen molar-refractivity contribution in [3.63, 3.8) is 0 Å². The molecule has 0 aromatic heterocycles. The van der Waals surface area contributed by atoms with E-state index in [1.807, 2.05) is 0 Å². The third-order valence-electron chi connectivity index (χ3n) is 4.71. The summed E-state index contributed by atoms with van der Waals surface area (Å²) in [5.41, 5.74) is 6.06. The van der Waals surface area contributed by atoms with Crippen molar-refractivity contribution in [3.05, 3.63) is 12.2 Å². The topological polar surface area (TPSA) is 55.5 Å². The standard InChI is InChI=1S/C22H45NO2/c1-2-3-4-5-6-7-8-9-10-11-12-13-14-15-16-17-22(23)18-20-25-21-19-24/h9-10,22,24H,2-8,11-21,23H2,1H3/b10-9-. The molecule has 3 heteroatoms. The van der Waals surface area contributed by atoms with Crippen LogP contribution in [0.5, 0.6) is 0 Å². The first kappa shape index (κ1) is 24.6. The Balaban J connectivity index is 3.16. The average Bonchev–Trinajstić information content (AvgIpc) is 2.62. The first-order valence-electron chi connectivity index (χ1n) is 10.9. The number of aliphatic hydroxyl groups excluding tert-OH is 1. The van der Waals surface area contributed by atoms with E-state index in [9.17, 15) is 0 Å². The number of ether oxygens (including phenoxy) is 1. The maximum Gasteiger partial charge on any atom is 0.0697 e. The highest BCUT2D eigenvalue weighted by Crippen LogP contribution is 2.11. The number of hydrogen-bond acceptors (Lipinski definition) is 3. The largest absolute Gasteiger partial charge is 0.394 e. The number of allylic oxidation sites excluding steroid dienone is 2. The lowest BCUT2D eigenvalue weighted by molar-refractivity contribution is 0.0872. The van der Waals surface area contributed by atoms with Crippen molar-refractivity contribution in [1.82, 2.24) is 0 Å². The molecule has 0 aliphatic heterocycles. The fraction of sp³-hybridized carbons (Fsp3) is 0.909. The van der Waals surface area contributed by atoms with Gasteiger partial charge in [0.05, 0.1) is 13.2 Å². The van der Waals surface area contributed by atoms with E-state index in [1.54, 1.807) is 0 Å². The molecule has 0 aromatic rings. The lowest BCUT2D eigenvalue weighted by Crippen LogP contribution is -2.22. The van der Waals surface area contributed by atoms with Crippen molar-refractivity contribution >= 4 is 0 Å². The Hall–Kier alpha value is -0.380. The predicted octanol–water partition coefficient (Wildman–Crippen LogP) is 5.75. The van der Waals surface area contributed by atoms with Gasteiger partial charge in [-0.1, -0.05) is 76.9 Å². The van der Waals surface area contributed by atoms with Crippen LogP contribution in [0.3, 0.4) is 0 Å². The maximum atomic E-state index is 8.62. The molecular weight excluding hydrogens is 310 g/mol. The molecule has 0 spiro atoms. The number of nitrogens with two attached hydrogens (primary N) is 1. The van der Waals surface area contributed by atoms with Crippen LogP contribution in [-0.4, -0.2) is 31.0 Å². The molecule has 0 radical (unpaired) electrons. The second-order valence-corrected chi connectivity index (χ2v) is 7.26. The molecule has 0 aliphatic rings. The van der Waals surface area contributed by atoms with Crippen LogP contribution in [0, 0.1) is 0 Å². The van der Waals surface area contributed by atoms with E-state index in [0.29, 0.717) is 13.2 Å². The molecule has 0 amide bonds. The zero-order valence-electron chi connectivity index (χ0n) is 16.9. The van der Waals surface area contributed by atoms with Gasteiger partial charge in [-0.25, -0.2) is 0 Å². The highest BCUT2D eigenvalue weighted by Gasteiger charge is 2.02. The molecule has 0 heterocycles. The monoisotopic (exact) mass is 355 g/mol. The molecule has 0 aromatic carbocycles. The van der Waals surface area contributed by atoms with Gasteiger partial charge in [0.2, 0.25) is 0 Å². The van der Waals surface area contributed by atoms with E-state index >= 15 is 0 Å². The van der Waals surface area contributed by atoms with Crippen molar-refractivity contribution in [2.24, 2.45) is 5.73 Å². The van der Waals surface area contributed by atoms with Crippen molar-refractivity contribution in [3.8, 4) is 0 Å². The summed E-state index contributed by atoms with van der Waals surface area (Å²) in [7, 11) is 0. The molecule has 3 nitrogen and oxygen atoms in total. The molecule has 0 rings (SSSR count). The molecule has 0 bridgehead atoms. The normalized spacial score (nSPS) is 12.9. The van der Waals surface area contributed by atoms with E-state index in [4.69, 9.17) is 15.6 Å². The van der Waals surface area contributed by atoms with Crippen LogP contribution in [0.25, 0.3) is 0 Å². The minimum absolute atomic E-state index is 0.101. The first-order valence-corrected chi connectivity index (χ1v) is 10.9. The Morgan fingerprint density at radius 3 is 1.92 bits per heavy atom. The van der Waals surface area contributed by atoms with Gasteiger partial charge in [0.25, 0.3) is 0 Å². The van der Waals surface area contributed by atoms with Gasteiger partial charge >= 0.3 is 0 Å². The van der Waals surface area contributed by atoms with Crippen molar-refractivity contribution in [1.29, 1.82) is 0 Å². The van der Waals surface area contributed by atoms with E-state index in [0.717, 1.165) is 12.8 Å². The fourth-order valence-electron chi connectivity index (χ4n) is 3.02. The lowest BCUT2D eigenvalue weighted by atomic mass is 10.0. The third-order valence-corrected chi connectivity index (χ3v) is 4.71. The maximum absolute atomic E-state index is 8.62. The summed E-state index contributed by atoms with van der Waals surface area (Å²) in [6, 6.07) is 0.253. The summed E-state index contributed by atoms with van der Waals surface area (Å²) in [5, 5.41) is 8.62. The van der Waals surface area contributed by atoms with Crippen molar-refractivity contribution in [2.75, 3.05) is 19.8 Å². The predicted molar refractivity (Wildman–Crippen MR) is 110 cm³/mol. The summed E-state index contributed by atoms with van der Waals surface area (Å²) >= 11 is 0. The molecule has 1 atom stereocenters. The molecule has 0 saturated carbocycles. The minimum atomic E-state index is 0.101. The van der Waals surface area contributed by atoms with Crippen molar-refractivity contribution in [2.45, 2.75) is 109 Å². The Morgan fingerprint density at radius 2 is 1.32 bits per heavy atom. The Bertz CT molecular complexity index is 269. The van der Waals surface area contributed by atoms with Gasteiger partial charge in [0, 0.05) is 12.6 Å². The average molecular weight is 356 g/mol. The Labute approximate surface area is 157 Å². The van der Waals surface area contributed by atoms with E-state index in [1.165, 1.54) is 83.5 Å². The van der Waals surface area contributed by atoms with Crippen LogP contribution in [0.1, 0.15) is 103 Å². The zero-order valence-corrected chi connectivity index (χ0v) is 16.9. The molecule has 1 unspecified atom stereocenters. The van der Waals surface area contributed by atoms with Gasteiger partial charge in [-0.2, -0.15) is 0 Å². The second-order valence-electron chi connectivity index (χ2n) is 7.26. The summed E-state index contributed by atoms with van der Waals surface area (Å²) in [6.45, 7) is 3.48. The highest BCUT2D eigenvalue weighted by atomic mass is 16.5. The van der Waals surface area contributed by atoms with Gasteiger partial charge in [-0.3, -0.25) is 0 Å². The van der Waals surface area contributed by atoms with Gasteiger partial charge in [0.15, 0.2) is 0 Å². The fourth-order valence-corrected chi connectivity index (χ4v) is 3.02. The Kier molecular flexibility index (Phi) is 21.3. The summed E-state index contributed by atoms with van der Waals surface area (Å²) in [6.07, 6.45) is 24.2. The summed E-state index contributed by atoms with van der Waals surface area (Å²) < 4.78 is 5.25. The number of aliphatic hydroxyl groups is 1. The smallest absolute Gasteiger partial charge is 0.0697 e. The van der Waals surface area contributed by atoms with Gasteiger partial charge < -0.3 is 15.6 Å². The van der Waals surface area contributed by atoms with Crippen LogP contribution in [0.4, 0.5) is 0 Å². The van der Waals surface area contributed by atoms with Crippen LogP contribution in [0.15, 0.2) is 12.2 Å². The molecule has 25 heavy (non-hydrogen) atoms. The lowest BCUT2D eigenvalue weighted by Gasteiger charge is -2.11. The van der Waals surface area contributed by atoms with E-state index in [2.05, 4.69) is 19.1 Å². The van der Waals surface area contributed by atoms with Gasteiger partial charge in [-0.15, -0.1) is 0 Å². The van der Waals surface area contributed by atoms with Crippen LogP contribution in [0.2, 0.25) is 0 Å². The summed E-state index contributed by atoms with van der Waals surface area (Å²) in [4.78, 5) is 0. The second kappa shape index (κ2) is 21.7. The molecule has 0 aliphatic carbocycles. The minimum Gasteiger partial charge on any atom is -0.394 e. The highest BCUT2D eigenvalue weighted by molar-refractivity contribution is 4.81. The zero-order chi connectivity index (χ0) is 18.4. The van der Waals surface area contributed by atoms with Crippen LogP contribution < -0.4 is 5.73 Å². The molecule has 3 N–H and O–H groups in total. The van der Waals surface area contributed by atoms with E-state index < -0.39 is 0 Å². The number of unbranched alkanes of at least 4 members (excludes halogenated alkanes) is 11. The molecule has 0 fully saturated rings. The van der Waals surface area contributed by atoms with E-state index in [-0.39, 0.29) is 12.6 Å². The molecule has 0 saturated heterocycles. The quantitative estimate of drug-likeness (QED) is 0.216. The number of rotatable bonds is 20.